The molecule has 1 aromatic carbocycles. The zero-order valence-electron chi connectivity index (χ0n) is 9.64. The summed E-state index contributed by atoms with van der Waals surface area (Å²) in [5.41, 5.74) is 0.752. The Hall–Kier alpha value is -1.82. The third kappa shape index (κ3) is 4.21. The standard InChI is InChI=1S/C12H12BrNO4/c1-7(2)10(11(15)16)18-12(17)14-9-5-3-8(13)4-6-9/h3-6,10H,1H2,2H3,(H,14,17)(H,15,16). The third-order valence-electron chi connectivity index (χ3n) is 1.99. The SMILES string of the molecule is C=C(C)C(OC(=O)Nc1ccc(Br)cc1)C(=O)O. The van der Waals surface area contributed by atoms with E-state index >= 15 is 0 Å². The van der Waals surface area contributed by atoms with Crippen LogP contribution in [-0.4, -0.2) is 23.3 Å². The number of hydrogen-bond donors (Lipinski definition) is 2. The van der Waals surface area contributed by atoms with E-state index in [0.717, 1.165) is 4.47 Å². The number of nitrogens with one attached hydrogen (secondary N) is 1. The highest BCUT2D eigenvalue weighted by molar-refractivity contribution is 9.10. The lowest BCUT2D eigenvalue weighted by molar-refractivity contribution is -0.144. The van der Waals surface area contributed by atoms with Crippen molar-refractivity contribution in [1.82, 2.24) is 0 Å². The van der Waals surface area contributed by atoms with Crippen LogP contribution in [0, 0.1) is 0 Å². The molecule has 0 saturated carbocycles. The molecule has 1 amide bonds. The minimum Gasteiger partial charge on any atom is -0.478 e. The van der Waals surface area contributed by atoms with E-state index in [0.29, 0.717) is 5.69 Å². The molecule has 2 N–H and O–H groups in total. The summed E-state index contributed by atoms with van der Waals surface area (Å²) in [4.78, 5) is 22.3. The fourth-order valence-electron chi connectivity index (χ4n) is 1.15. The highest BCUT2D eigenvalue weighted by atomic mass is 79.9. The molecule has 0 aliphatic rings. The van der Waals surface area contributed by atoms with Crippen LogP contribution in [0.1, 0.15) is 6.92 Å². The van der Waals surface area contributed by atoms with Gasteiger partial charge in [0.05, 0.1) is 0 Å². The Bertz CT molecular complexity index is 455. The average Bonchev–Trinajstić information content (AvgIpc) is 2.28. The van der Waals surface area contributed by atoms with Gasteiger partial charge < -0.3 is 9.84 Å². The van der Waals surface area contributed by atoms with E-state index < -0.39 is 18.2 Å². The quantitative estimate of drug-likeness (QED) is 0.838. The van der Waals surface area contributed by atoms with E-state index in [4.69, 9.17) is 9.84 Å². The van der Waals surface area contributed by atoms with Crippen LogP contribution < -0.4 is 5.32 Å². The Kier molecular flexibility index (Phi) is 4.91. The first-order valence-corrected chi connectivity index (χ1v) is 5.81. The number of rotatable bonds is 4. The van der Waals surface area contributed by atoms with Crippen molar-refractivity contribution < 1.29 is 19.4 Å². The van der Waals surface area contributed by atoms with Gasteiger partial charge in [0.1, 0.15) is 0 Å². The van der Waals surface area contributed by atoms with Crippen LogP contribution in [0.3, 0.4) is 0 Å². The predicted molar refractivity (Wildman–Crippen MR) is 70.5 cm³/mol. The topological polar surface area (TPSA) is 75.6 Å². The molecule has 0 aromatic heterocycles. The van der Waals surface area contributed by atoms with E-state index in [-0.39, 0.29) is 5.57 Å². The number of carbonyl (C=O) groups excluding carboxylic acids is 1. The molecule has 0 bridgehead atoms. The minimum atomic E-state index is -1.35. The van der Waals surface area contributed by atoms with Gasteiger partial charge in [-0.25, -0.2) is 9.59 Å². The summed E-state index contributed by atoms with van der Waals surface area (Å²) in [7, 11) is 0. The van der Waals surface area contributed by atoms with Gasteiger partial charge in [0.2, 0.25) is 6.10 Å². The molecule has 1 rings (SSSR count). The first-order valence-electron chi connectivity index (χ1n) is 5.01. The van der Waals surface area contributed by atoms with Crippen molar-refractivity contribution >= 4 is 33.7 Å². The molecule has 1 unspecified atom stereocenters. The Balaban J connectivity index is 2.63. The number of benzene rings is 1. The second-order valence-corrected chi connectivity index (χ2v) is 4.52. The third-order valence-corrected chi connectivity index (χ3v) is 2.52. The summed E-state index contributed by atoms with van der Waals surface area (Å²) in [6.45, 7) is 4.93. The maximum Gasteiger partial charge on any atom is 0.412 e. The minimum absolute atomic E-state index is 0.244. The monoisotopic (exact) mass is 313 g/mol. The van der Waals surface area contributed by atoms with Gasteiger partial charge in [-0.05, 0) is 36.8 Å². The van der Waals surface area contributed by atoms with E-state index in [2.05, 4.69) is 27.8 Å². The smallest absolute Gasteiger partial charge is 0.412 e. The lowest BCUT2D eigenvalue weighted by atomic mass is 10.2. The molecule has 6 heteroatoms. The molecule has 0 aliphatic carbocycles. The first kappa shape index (κ1) is 14.2. The largest absolute Gasteiger partial charge is 0.478 e. The van der Waals surface area contributed by atoms with E-state index in [9.17, 15) is 9.59 Å². The van der Waals surface area contributed by atoms with Crippen molar-refractivity contribution in [2.75, 3.05) is 5.32 Å². The van der Waals surface area contributed by atoms with Crippen LogP contribution in [0.2, 0.25) is 0 Å². The predicted octanol–water partition coefficient (Wildman–Crippen LogP) is 3.03. The van der Waals surface area contributed by atoms with Gasteiger partial charge in [-0.15, -0.1) is 0 Å². The molecule has 96 valence electrons. The Labute approximate surface area is 113 Å². The maximum absolute atomic E-state index is 11.5. The van der Waals surface area contributed by atoms with Gasteiger partial charge in [-0.3, -0.25) is 5.32 Å². The maximum atomic E-state index is 11.5. The average molecular weight is 314 g/mol. The number of aliphatic carboxylic acids is 1. The van der Waals surface area contributed by atoms with Crippen LogP contribution in [-0.2, 0) is 9.53 Å². The lowest BCUT2D eigenvalue weighted by Crippen LogP contribution is -2.30. The van der Waals surface area contributed by atoms with Crippen molar-refractivity contribution in [2.45, 2.75) is 13.0 Å². The second-order valence-electron chi connectivity index (χ2n) is 3.60. The Morgan fingerprint density at radius 1 is 1.39 bits per heavy atom. The van der Waals surface area contributed by atoms with Crippen molar-refractivity contribution in [3.05, 3.63) is 40.9 Å². The Morgan fingerprint density at radius 3 is 2.39 bits per heavy atom. The molecule has 1 aromatic rings. The van der Waals surface area contributed by atoms with Gasteiger partial charge in [-0.2, -0.15) is 0 Å². The van der Waals surface area contributed by atoms with Gasteiger partial charge in [-0.1, -0.05) is 22.5 Å². The number of anilines is 1. The van der Waals surface area contributed by atoms with Crippen LogP contribution in [0.15, 0.2) is 40.9 Å². The molecule has 0 aliphatic heterocycles. The normalized spacial score (nSPS) is 11.4. The van der Waals surface area contributed by atoms with E-state index in [1.165, 1.54) is 6.92 Å². The van der Waals surface area contributed by atoms with Crippen LogP contribution in [0.5, 0.6) is 0 Å². The van der Waals surface area contributed by atoms with Crippen LogP contribution in [0.4, 0.5) is 10.5 Å². The van der Waals surface area contributed by atoms with Gasteiger partial charge in [0, 0.05) is 10.2 Å². The first-order chi connectivity index (χ1) is 8.40. The Morgan fingerprint density at radius 2 is 1.94 bits per heavy atom. The summed E-state index contributed by atoms with van der Waals surface area (Å²) in [6, 6.07) is 6.79. The second kappa shape index (κ2) is 6.20. The molecular weight excluding hydrogens is 302 g/mol. The van der Waals surface area contributed by atoms with E-state index in [1.807, 2.05) is 0 Å². The van der Waals surface area contributed by atoms with E-state index in [1.54, 1.807) is 24.3 Å². The lowest BCUT2D eigenvalue weighted by Gasteiger charge is -2.14. The highest BCUT2D eigenvalue weighted by Gasteiger charge is 2.22. The number of halogens is 1. The van der Waals surface area contributed by atoms with Gasteiger partial charge in [0.25, 0.3) is 0 Å². The molecular formula is C12H12BrNO4. The van der Waals surface area contributed by atoms with Crippen molar-refractivity contribution in [1.29, 1.82) is 0 Å². The number of carbonyl (C=O) groups is 2. The van der Waals surface area contributed by atoms with Crippen molar-refractivity contribution in [3.63, 3.8) is 0 Å². The summed E-state index contributed by atoms with van der Waals surface area (Å²) in [5, 5.41) is 11.2. The molecule has 0 heterocycles. The number of hydrogen-bond acceptors (Lipinski definition) is 3. The summed E-state index contributed by atoms with van der Waals surface area (Å²) >= 11 is 3.26. The summed E-state index contributed by atoms with van der Waals surface area (Å²) < 4.78 is 5.61. The number of amides is 1. The number of ether oxygens (including phenoxy) is 1. The fourth-order valence-corrected chi connectivity index (χ4v) is 1.41. The number of carboxylic acids is 1. The highest BCUT2D eigenvalue weighted by Crippen LogP contribution is 2.15. The molecule has 5 nitrogen and oxygen atoms in total. The molecule has 18 heavy (non-hydrogen) atoms. The van der Waals surface area contributed by atoms with Gasteiger partial charge >= 0.3 is 12.1 Å². The molecule has 1 atom stereocenters. The molecule has 0 fully saturated rings. The van der Waals surface area contributed by atoms with Crippen LogP contribution >= 0.6 is 15.9 Å². The van der Waals surface area contributed by atoms with Gasteiger partial charge in [0.15, 0.2) is 0 Å². The molecule has 0 radical (unpaired) electrons. The van der Waals surface area contributed by atoms with Crippen molar-refractivity contribution in [3.8, 4) is 0 Å². The molecule has 0 spiro atoms. The fraction of sp³-hybridized carbons (Fsp3) is 0.167. The molecule has 0 saturated heterocycles. The summed E-state index contributed by atoms with van der Waals surface area (Å²) in [5.74, 6) is -1.26. The zero-order chi connectivity index (χ0) is 13.7. The zero-order valence-corrected chi connectivity index (χ0v) is 11.2. The number of carboxylic acid groups (broad SMARTS) is 1. The van der Waals surface area contributed by atoms with Crippen LogP contribution in [0.25, 0.3) is 0 Å². The van der Waals surface area contributed by atoms with Crippen molar-refractivity contribution in [2.24, 2.45) is 0 Å². The summed E-state index contributed by atoms with van der Waals surface area (Å²) in [6.07, 6.45) is -2.19.